The van der Waals surface area contributed by atoms with Crippen LogP contribution in [-0.2, 0) is 0 Å². The fraction of sp³-hybridized carbons (Fsp3) is 0.625. The van der Waals surface area contributed by atoms with Gasteiger partial charge >= 0.3 is 0 Å². The van der Waals surface area contributed by atoms with E-state index in [9.17, 15) is 0 Å². The van der Waals surface area contributed by atoms with Crippen LogP contribution in [0.15, 0.2) is 24.3 Å². The monoisotopic (exact) mass is 262 g/mol. The van der Waals surface area contributed by atoms with Crippen molar-refractivity contribution in [2.45, 2.75) is 32.2 Å². The van der Waals surface area contributed by atoms with Crippen molar-refractivity contribution in [3.8, 4) is 5.75 Å². The summed E-state index contributed by atoms with van der Waals surface area (Å²) in [5.41, 5.74) is 7.52. The molecule has 1 aliphatic rings. The lowest BCUT2D eigenvalue weighted by Crippen LogP contribution is -2.34. The molecule has 1 aliphatic carbocycles. The molecule has 0 aliphatic heterocycles. The number of ether oxygens (including phenoxy) is 1. The van der Waals surface area contributed by atoms with Crippen LogP contribution >= 0.6 is 0 Å². The van der Waals surface area contributed by atoms with Crippen molar-refractivity contribution < 1.29 is 4.74 Å². The van der Waals surface area contributed by atoms with E-state index in [0.717, 1.165) is 24.8 Å². The van der Waals surface area contributed by atoms with Crippen molar-refractivity contribution in [1.29, 1.82) is 0 Å². The third kappa shape index (κ3) is 4.51. The van der Waals surface area contributed by atoms with Crippen LogP contribution in [0.4, 0.5) is 0 Å². The number of hydrogen-bond donors (Lipinski definition) is 1. The molecule has 1 fully saturated rings. The van der Waals surface area contributed by atoms with Crippen LogP contribution in [0.25, 0.3) is 0 Å². The van der Waals surface area contributed by atoms with Crippen molar-refractivity contribution in [1.82, 2.24) is 4.90 Å². The Kier molecular flexibility index (Phi) is 5.23. The average Bonchev–Trinajstić information content (AvgIpc) is 3.23. The lowest BCUT2D eigenvalue weighted by Gasteiger charge is -2.25. The number of benzene rings is 1. The second-order valence-electron chi connectivity index (χ2n) is 5.58. The molecule has 0 spiro atoms. The average molecular weight is 262 g/mol. The molecule has 0 heterocycles. The number of rotatable bonds is 8. The van der Waals surface area contributed by atoms with Crippen LogP contribution in [0.2, 0.25) is 0 Å². The maximum atomic E-state index is 6.33. The van der Waals surface area contributed by atoms with Gasteiger partial charge in [-0.25, -0.2) is 0 Å². The maximum absolute atomic E-state index is 6.33. The Bertz CT molecular complexity index is 373. The highest BCUT2D eigenvalue weighted by Gasteiger charge is 2.24. The van der Waals surface area contributed by atoms with Crippen molar-refractivity contribution >= 4 is 0 Å². The van der Waals surface area contributed by atoms with Crippen molar-refractivity contribution in [2.24, 2.45) is 11.7 Å². The van der Waals surface area contributed by atoms with Crippen LogP contribution in [-0.4, -0.2) is 31.6 Å². The minimum Gasteiger partial charge on any atom is -0.497 e. The minimum atomic E-state index is 0.0937. The van der Waals surface area contributed by atoms with Gasteiger partial charge in [-0.2, -0.15) is 0 Å². The predicted molar refractivity (Wildman–Crippen MR) is 79.4 cm³/mol. The number of methoxy groups -OCH3 is 1. The van der Waals surface area contributed by atoms with E-state index in [1.165, 1.54) is 31.4 Å². The van der Waals surface area contributed by atoms with E-state index < -0.39 is 0 Å². The fourth-order valence-corrected chi connectivity index (χ4v) is 2.47. The predicted octanol–water partition coefficient (Wildman–Crippen LogP) is 2.82. The van der Waals surface area contributed by atoms with Gasteiger partial charge in [0.25, 0.3) is 0 Å². The zero-order valence-corrected chi connectivity index (χ0v) is 12.1. The van der Waals surface area contributed by atoms with Gasteiger partial charge in [-0.15, -0.1) is 0 Å². The van der Waals surface area contributed by atoms with E-state index in [1.807, 2.05) is 12.1 Å². The smallest absolute Gasteiger partial charge is 0.118 e. The van der Waals surface area contributed by atoms with Gasteiger partial charge < -0.3 is 15.4 Å². The standard InChI is InChI=1S/C16H26N2O/c1-3-10-18(11-13-4-5-13)12-16(17)14-6-8-15(19-2)9-7-14/h6-9,13,16H,3-5,10-12,17H2,1-2H3. The van der Waals surface area contributed by atoms with Crippen LogP contribution in [0.5, 0.6) is 5.75 Å². The van der Waals surface area contributed by atoms with Gasteiger partial charge in [-0.3, -0.25) is 0 Å². The van der Waals surface area contributed by atoms with E-state index in [0.29, 0.717) is 0 Å². The van der Waals surface area contributed by atoms with Gasteiger partial charge in [0.05, 0.1) is 7.11 Å². The Balaban J connectivity index is 1.90. The summed E-state index contributed by atoms with van der Waals surface area (Å²) in [7, 11) is 1.69. The summed E-state index contributed by atoms with van der Waals surface area (Å²) in [5.74, 6) is 1.81. The van der Waals surface area contributed by atoms with Gasteiger partial charge in [0.2, 0.25) is 0 Å². The Morgan fingerprint density at radius 2 is 2.00 bits per heavy atom. The molecule has 1 aromatic rings. The number of nitrogens with two attached hydrogens (primary N) is 1. The molecule has 0 saturated heterocycles. The second-order valence-corrected chi connectivity index (χ2v) is 5.58. The Morgan fingerprint density at radius 3 is 2.53 bits per heavy atom. The molecule has 1 unspecified atom stereocenters. The summed E-state index contributed by atoms with van der Waals surface area (Å²) >= 11 is 0. The largest absolute Gasteiger partial charge is 0.497 e. The second kappa shape index (κ2) is 6.92. The third-order valence-corrected chi connectivity index (χ3v) is 3.75. The van der Waals surface area contributed by atoms with Crippen molar-refractivity contribution in [2.75, 3.05) is 26.7 Å². The quantitative estimate of drug-likeness (QED) is 0.783. The molecule has 3 heteroatoms. The Labute approximate surface area is 116 Å². The molecule has 0 bridgehead atoms. The SMILES string of the molecule is CCCN(CC1CC1)CC(N)c1ccc(OC)cc1. The Morgan fingerprint density at radius 1 is 1.32 bits per heavy atom. The van der Waals surface area contributed by atoms with Crippen LogP contribution in [0, 0.1) is 5.92 Å². The summed E-state index contributed by atoms with van der Waals surface area (Å²) in [6.45, 7) is 5.56. The molecule has 2 N–H and O–H groups in total. The van der Waals surface area contributed by atoms with E-state index in [4.69, 9.17) is 10.5 Å². The minimum absolute atomic E-state index is 0.0937. The summed E-state index contributed by atoms with van der Waals surface area (Å²) in [6, 6.07) is 8.21. The summed E-state index contributed by atoms with van der Waals surface area (Å²) in [5, 5.41) is 0. The zero-order chi connectivity index (χ0) is 13.7. The topological polar surface area (TPSA) is 38.5 Å². The van der Waals surface area contributed by atoms with Gasteiger partial charge in [0.15, 0.2) is 0 Å². The maximum Gasteiger partial charge on any atom is 0.118 e. The normalized spacial score (nSPS) is 16.6. The van der Waals surface area contributed by atoms with Crippen LogP contribution < -0.4 is 10.5 Å². The van der Waals surface area contributed by atoms with Gasteiger partial charge in [-0.05, 0) is 49.4 Å². The summed E-state index contributed by atoms with van der Waals surface area (Å²) in [6.07, 6.45) is 4.00. The molecular formula is C16H26N2O. The summed E-state index contributed by atoms with van der Waals surface area (Å²) in [4.78, 5) is 2.52. The highest BCUT2D eigenvalue weighted by molar-refractivity contribution is 5.29. The first-order valence-corrected chi connectivity index (χ1v) is 7.34. The molecule has 19 heavy (non-hydrogen) atoms. The molecule has 106 valence electrons. The first kappa shape index (κ1) is 14.4. The lowest BCUT2D eigenvalue weighted by molar-refractivity contribution is 0.248. The first-order valence-electron chi connectivity index (χ1n) is 7.34. The molecular weight excluding hydrogens is 236 g/mol. The lowest BCUT2D eigenvalue weighted by atomic mass is 10.1. The van der Waals surface area contributed by atoms with E-state index >= 15 is 0 Å². The number of nitrogens with zero attached hydrogens (tertiary/aromatic N) is 1. The van der Waals surface area contributed by atoms with Gasteiger partial charge in [-0.1, -0.05) is 19.1 Å². The molecule has 0 amide bonds. The van der Waals surface area contributed by atoms with Gasteiger partial charge in [0, 0.05) is 19.1 Å². The first-order chi connectivity index (χ1) is 9.22. The van der Waals surface area contributed by atoms with Crippen molar-refractivity contribution in [3.63, 3.8) is 0 Å². The van der Waals surface area contributed by atoms with Crippen LogP contribution in [0.1, 0.15) is 37.8 Å². The fourth-order valence-electron chi connectivity index (χ4n) is 2.47. The highest BCUT2D eigenvalue weighted by atomic mass is 16.5. The van der Waals surface area contributed by atoms with E-state index in [1.54, 1.807) is 7.11 Å². The van der Waals surface area contributed by atoms with Crippen LogP contribution in [0.3, 0.4) is 0 Å². The van der Waals surface area contributed by atoms with E-state index in [2.05, 4.69) is 24.0 Å². The third-order valence-electron chi connectivity index (χ3n) is 3.75. The highest BCUT2D eigenvalue weighted by Crippen LogP contribution is 2.30. The molecule has 3 nitrogen and oxygen atoms in total. The molecule has 0 radical (unpaired) electrons. The molecule has 1 aromatic carbocycles. The molecule has 2 rings (SSSR count). The van der Waals surface area contributed by atoms with Gasteiger partial charge in [0.1, 0.15) is 5.75 Å². The molecule has 0 aromatic heterocycles. The van der Waals surface area contributed by atoms with Crippen molar-refractivity contribution in [3.05, 3.63) is 29.8 Å². The molecule has 1 atom stereocenters. The number of hydrogen-bond acceptors (Lipinski definition) is 3. The zero-order valence-electron chi connectivity index (χ0n) is 12.1. The van der Waals surface area contributed by atoms with E-state index in [-0.39, 0.29) is 6.04 Å². The summed E-state index contributed by atoms with van der Waals surface area (Å²) < 4.78 is 5.18. The molecule has 1 saturated carbocycles. The Hall–Kier alpha value is -1.06.